The lowest BCUT2D eigenvalue weighted by atomic mass is 9.73. The standard InChI is InChI=1S/C27H35N7O/c1-2-17-11-21(35)4-6-22(17)19-3-5-23-24(12-19)32-33-26(23)27-29-14-25(31-27)18-7-9-34(10-8-18)15-20-13-28-16-30-20/h4,6-7,11,13-14,16,19,23-24,26,32-33,35H,2-3,5,8-10,12,15H2,1H3,(H,28,30)(H,29,31). The first-order chi connectivity index (χ1) is 17.2. The van der Waals surface area contributed by atoms with E-state index in [1.54, 1.807) is 6.33 Å². The number of nitrogens with one attached hydrogen (secondary N) is 4. The highest BCUT2D eigenvalue weighted by molar-refractivity contribution is 5.63. The average Bonchev–Trinajstić information content (AvgIpc) is 3.65. The summed E-state index contributed by atoms with van der Waals surface area (Å²) < 4.78 is 0. The van der Waals surface area contributed by atoms with Gasteiger partial charge >= 0.3 is 0 Å². The molecule has 184 valence electrons. The molecule has 4 atom stereocenters. The zero-order chi connectivity index (χ0) is 23.8. The Morgan fingerprint density at radius 2 is 2.11 bits per heavy atom. The molecule has 5 N–H and O–H groups in total. The molecule has 3 aliphatic rings. The third-order valence-electron chi connectivity index (χ3n) is 8.18. The lowest BCUT2D eigenvalue weighted by Crippen LogP contribution is -2.35. The first kappa shape index (κ1) is 22.5. The van der Waals surface area contributed by atoms with Crippen molar-refractivity contribution >= 4 is 5.57 Å². The zero-order valence-electron chi connectivity index (χ0n) is 20.3. The van der Waals surface area contributed by atoms with Crippen LogP contribution in [0.5, 0.6) is 5.75 Å². The molecule has 3 aromatic rings. The second kappa shape index (κ2) is 9.60. The number of phenolic OH excluding ortho intramolecular Hbond substituents is 1. The monoisotopic (exact) mass is 473 g/mol. The number of H-pyrrole nitrogens is 2. The van der Waals surface area contributed by atoms with Crippen LogP contribution in [0, 0.1) is 5.92 Å². The highest BCUT2D eigenvalue weighted by Crippen LogP contribution is 2.44. The number of phenols is 1. The second-order valence-corrected chi connectivity index (χ2v) is 10.3. The van der Waals surface area contributed by atoms with E-state index < -0.39 is 0 Å². The van der Waals surface area contributed by atoms with Crippen molar-refractivity contribution in [3.8, 4) is 5.75 Å². The Morgan fingerprint density at radius 3 is 2.91 bits per heavy atom. The smallest absolute Gasteiger partial charge is 0.125 e. The molecule has 8 heteroatoms. The molecule has 2 aliphatic heterocycles. The normalized spacial score (nSPS) is 27.1. The summed E-state index contributed by atoms with van der Waals surface area (Å²) in [4.78, 5) is 18.2. The van der Waals surface area contributed by atoms with Gasteiger partial charge in [0.15, 0.2) is 0 Å². The minimum absolute atomic E-state index is 0.209. The van der Waals surface area contributed by atoms with Crippen molar-refractivity contribution in [2.75, 3.05) is 13.1 Å². The van der Waals surface area contributed by atoms with Crippen LogP contribution in [0.1, 0.15) is 72.9 Å². The van der Waals surface area contributed by atoms with Gasteiger partial charge in [-0.05, 0) is 72.8 Å². The number of hydrogen-bond acceptors (Lipinski definition) is 6. The van der Waals surface area contributed by atoms with Crippen molar-refractivity contribution in [2.24, 2.45) is 5.92 Å². The summed E-state index contributed by atoms with van der Waals surface area (Å²) in [6, 6.07) is 6.54. The molecule has 4 unspecified atom stereocenters. The van der Waals surface area contributed by atoms with Crippen LogP contribution in [0.25, 0.3) is 5.57 Å². The molecule has 1 aromatic carbocycles. The molecule has 8 nitrogen and oxygen atoms in total. The highest BCUT2D eigenvalue weighted by atomic mass is 16.3. The number of hydrogen-bond donors (Lipinski definition) is 5. The summed E-state index contributed by atoms with van der Waals surface area (Å²) in [7, 11) is 0. The minimum Gasteiger partial charge on any atom is -0.508 e. The fraction of sp³-hybridized carbons (Fsp3) is 0.481. The third kappa shape index (κ3) is 4.53. The highest BCUT2D eigenvalue weighted by Gasteiger charge is 2.42. The molecule has 0 radical (unpaired) electrons. The van der Waals surface area contributed by atoms with E-state index in [0.29, 0.717) is 23.6 Å². The van der Waals surface area contributed by atoms with Gasteiger partial charge in [0.25, 0.3) is 0 Å². The van der Waals surface area contributed by atoms with Gasteiger partial charge < -0.3 is 15.1 Å². The van der Waals surface area contributed by atoms with Crippen LogP contribution in [0.4, 0.5) is 0 Å². The summed E-state index contributed by atoms with van der Waals surface area (Å²) >= 11 is 0. The van der Waals surface area contributed by atoms with E-state index in [0.717, 1.165) is 62.5 Å². The van der Waals surface area contributed by atoms with E-state index in [2.05, 4.69) is 49.8 Å². The van der Waals surface area contributed by atoms with Gasteiger partial charge in [-0.15, -0.1) is 0 Å². The van der Waals surface area contributed by atoms with E-state index in [9.17, 15) is 5.11 Å². The predicted octanol–water partition coefficient (Wildman–Crippen LogP) is 3.79. The van der Waals surface area contributed by atoms with Gasteiger partial charge in [0.05, 0.1) is 24.3 Å². The number of fused-ring (bicyclic) bond motifs is 1. The first-order valence-corrected chi connectivity index (χ1v) is 12.9. The molecule has 1 aliphatic carbocycles. The fourth-order valence-corrected chi connectivity index (χ4v) is 6.28. The van der Waals surface area contributed by atoms with E-state index in [-0.39, 0.29) is 6.04 Å². The predicted molar refractivity (Wildman–Crippen MR) is 135 cm³/mol. The van der Waals surface area contributed by atoms with Gasteiger partial charge in [-0.3, -0.25) is 10.3 Å². The molecular weight excluding hydrogens is 438 g/mol. The Bertz CT molecular complexity index is 1180. The van der Waals surface area contributed by atoms with Gasteiger partial charge in [-0.1, -0.05) is 19.1 Å². The van der Waals surface area contributed by atoms with Crippen molar-refractivity contribution in [1.82, 2.24) is 35.7 Å². The number of hydrazine groups is 1. The number of aromatic amines is 2. The van der Waals surface area contributed by atoms with Crippen molar-refractivity contribution in [1.29, 1.82) is 0 Å². The molecule has 6 rings (SSSR count). The van der Waals surface area contributed by atoms with Crippen LogP contribution in [0.2, 0.25) is 0 Å². The first-order valence-electron chi connectivity index (χ1n) is 12.9. The third-order valence-corrected chi connectivity index (χ3v) is 8.18. The lowest BCUT2D eigenvalue weighted by molar-refractivity contribution is 0.276. The summed E-state index contributed by atoms with van der Waals surface area (Å²) in [6.45, 7) is 5.05. The van der Waals surface area contributed by atoms with Crippen molar-refractivity contribution in [2.45, 2.75) is 63.6 Å². The maximum Gasteiger partial charge on any atom is 0.125 e. The molecule has 2 aromatic heterocycles. The average molecular weight is 474 g/mol. The number of rotatable bonds is 6. The molecule has 4 heterocycles. The van der Waals surface area contributed by atoms with Crippen LogP contribution in [-0.2, 0) is 13.0 Å². The minimum atomic E-state index is 0.209. The Labute approximate surface area is 206 Å². The quantitative estimate of drug-likeness (QED) is 0.373. The van der Waals surface area contributed by atoms with E-state index >= 15 is 0 Å². The molecule has 0 spiro atoms. The van der Waals surface area contributed by atoms with E-state index in [1.165, 1.54) is 23.1 Å². The number of aromatic hydroxyl groups is 1. The van der Waals surface area contributed by atoms with Crippen LogP contribution < -0.4 is 10.9 Å². The number of benzene rings is 1. The Hall–Kier alpha value is -2.94. The summed E-state index contributed by atoms with van der Waals surface area (Å²) in [5.41, 5.74) is 13.5. The van der Waals surface area contributed by atoms with Gasteiger partial charge in [-0.2, -0.15) is 0 Å². The SMILES string of the molecule is CCc1cc(O)ccc1C1CCC2C(C1)NNC2c1ncc(C2=CCN(Cc3cnc[nH]3)CC2)[nH]1. The Kier molecular flexibility index (Phi) is 6.18. The van der Waals surface area contributed by atoms with Crippen LogP contribution in [0.15, 0.2) is 43.0 Å². The Morgan fingerprint density at radius 1 is 1.17 bits per heavy atom. The summed E-state index contributed by atoms with van der Waals surface area (Å²) in [5, 5.41) is 9.90. The summed E-state index contributed by atoms with van der Waals surface area (Å²) in [5.74, 6) is 2.46. The Balaban J connectivity index is 1.10. The van der Waals surface area contributed by atoms with Crippen molar-refractivity contribution in [3.63, 3.8) is 0 Å². The van der Waals surface area contributed by atoms with Gasteiger partial charge in [0.2, 0.25) is 0 Å². The van der Waals surface area contributed by atoms with Gasteiger partial charge in [0.1, 0.15) is 11.6 Å². The lowest BCUT2D eigenvalue weighted by Gasteiger charge is -2.33. The maximum absolute atomic E-state index is 9.90. The van der Waals surface area contributed by atoms with Crippen LogP contribution >= 0.6 is 0 Å². The molecule has 1 saturated carbocycles. The molecule has 0 amide bonds. The van der Waals surface area contributed by atoms with E-state index in [4.69, 9.17) is 4.98 Å². The van der Waals surface area contributed by atoms with Crippen LogP contribution in [-0.4, -0.2) is 49.1 Å². The molecule has 1 saturated heterocycles. The van der Waals surface area contributed by atoms with Gasteiger partial charge in [-0.25, -0.2) is 15.4 Å². The zero-order valence-corrected chi connectivity index (χ0v) is 20.3. The largest absolute Gasteiger partial charge is 0.508 e. The van der Waals surface area contributed by atoms with E-state index in [1.807, 2.05) is 24.5 Å². The second-order valence-electron chi connectivity index (χ2n) is 10.3. The summed E-state index contributed by atoms with van der Waals surface area (Å²) in [6.07, 6.45) is 13.4. The fourth-order valence-electron chi connectivity index (χ4n) is 6.28. The molecule has 2 fully saturated rings. The number of aryl methyl sites for hydroxylation is 1. The van der Waals surface area contributed by atoms with Gasteiger partial charge in [0, 0.05) is 37.6 Å². The number of imidazole rings is 2. The maximum atomic E-state index is 9.90. The number of nitrogens with zero attached hydrogens (tertiary/aromatic N) is 3. The van der Waals surface area contributed by atoms with Crippen molar-refractivity contribution in [3.05, 3.63) is 71.3 Å². The molecular formula is C27H35N7O. The van der Waals surface area contributed by atoms with Crippen LogP contribution in [0.3, 0.4) is 0 Å². The molecule has 35 heavy (non-hydrogen) atoms. The molecule has 0 bridgehead atoms. The number of aromatic nitrogens is 4. The topological polar surface area (TPSA) is 105 Å². The van der Waals surface area contributed by atoms with Crippen molar-refractivity contribution < 1.29 is 5.11 Å².